The van der Waals surface area contributed by atoms with Crippen LogP contribution in [0.25, 0.3) is 11.0 Å². The minimum Gasteiger partial charge on any atom is -0.493 e. The lowest BCUT2D eigenvalue weighted by Gasteiger charge is -2.11. The highest BCUT2D eigenvalue weighted by atomic mass is 35.5. The van der Waals surface area contributed by atoms with Crippen LogP contribution < -0.4 is 14.9 Å². The molecule has 0 atom stereocenters. The molecule has 8 heteroatoms. The number of halogens is 1. The van der Waals surface area contributed by atoms with Crippen LogP contribution in [-0.4, -0.2) is 32.6 Å². The van der Waals surface area contributed by atoms with E-state index in [2.05, 4.69) is 0 Å². The third-order valence-corrected chi connectivity index (χ3v) is 4.42. The molecule has 3 aromatic rings. The summed E-state index contributed by atoms with van der Waals surface area (Å²) in [6, 6.07) is 8.74. The highest BCUT2D eigenvalue weighted by molar-refractivity contribution is 6.31. The van der Waals surface area contributed by atoms with Gasteiger partial charge in [0.1, 0.15) is 11.1 Å². The van der Waals surface area contributed by atoms with E-state index in [1.807, 2.05) is 0 Å². The van der Waals surface area contributed by atoms with Crippen LogP contribution in [0.2, 0.25) is 5.02 Å². The van der Waals surface area contributed by atoms with E-state index in [0.717, 1.165) is 0 Å². The van der Waals surface area contributed by atoms with Crippen LogP contribution >= 0.6 is 11.6 Å². The predicted molar refractivity (Wildman–Crippen MR) is 106 cm³/mol. The van der Waals surface area contributed by atoms with Gasteiger partial charge in [0.15, 0.2) is 11.5 Å². The number of methoxy groups -OCH3 is 2. The lowest BCUT2D eigenvalue weighted by atomic mass is 10.00. The molecule has 0 saturated carbocycles. The van der Waals surface area contributed by atoms with Gasteiger partial charge in [0.2, 0.25) is 17.0 Å². The Morgan fingerprint density at radius 3 is 2.41 bits per heavy atom. The maximum absolute atomic E-state index is 13.2. The van der Waals surface area contributed by atoms with E-state index in [1.54, 1.807) is 6.92 Å². The molecular formula is C21H17ClO7. The Balaban J connectivity index is 2.27. The van der Waals surface area contributed by atoms with Gasteiger partial charge in [0.25, 0.3) is 0 Å². The fourth-order valence-electron chi connectivity index (χ4n) is 2.84. The molecular weight excluding hydrogens is 400 g/mol. The molecule has 0 spiro atoms. The van der Waals surface area contributed by atoms with E-state index in [-0.39, 0.29) is 23.1 Å². The molecule has 0 aliphatic heterocycles. The summed E-state index contributed by atoms with van der Waals surface area (Å²) in [4.78, 5) is 38.7. The Morgan fingerprint density at radius 2 is 1.76 bits per heavy atom. The average molecular weight is 417 g/mol. The molecule has 0 N–H and O–H groups in total. The second-order valence-electron chi connectivity index (χ2n) is 5.90. The van der Waals surface area contributed by atoms with Crippen molar-refractivity contribution in [2.75, 3.05) is 20.8 Å². The minimum atomic E-state index is -0.912. The van der Waals surface area contributed by atoms with Crippen molar-refractivity contribution in [2.45, 2.75) is 6.92 Å². The third-order valence-electron chi connectivity index (χ3n) is 4.19. The monoisotopic (exact) mass is 416 g/mol. The van der Waals surface area contributed by atoms with Gasteiger partial charge in [-0.05, 0) is 43.3 Å². The molecule has 0 aliphatic carbocycles. The smallest absolute Gasteiger partial charge is 0.375 e. The first-order valence-corrected chi connectivity index (χ1v) is 8.99. The number of esters is 1. The Morgan fingerprint density at radius 1 is 1.03 bits per heavy atom. The summed E-state index contributed by atoms with van der Waals surface area (Å²) in [5.41, 5.74) is -0.893. The number of ether oxygens (including phenoxy) is 3. The van der Waals surface area contributed by atoms with Crippen LogP contribution in [0, 0.1) is 0 Å². The van der Waals surface area contributed by atoms with Crippen LogP contribution in [0.15, 0.2) is 45.6 Å². The number of ketones is 1. The number of fused-ring (bicyclic) bond motifs is 1. The normalized spacial score (nSPS) is 10.6. The van der Waals surface area contributed by atoms with Gasteiger partial charge in [-0.25, -0.2) is 4.79 Å². The van der Waals surface area contributed by atoms with Crippen molar-refractivity contribution in [3.63, 3.8) is 0 Å². The summed E-state index contributed by atoms with van der Waals surface area (Å²) in [6.45, 7) is 1.65. The van der Waals surface area contributed by atoms with Crippen LogP contribution in [0.4, 0.5) is 0 Å². The lowest BCUT2D eigenvalue weighted by molar-refractivity contribution is 0.0487. The lowest BCUT2D eigenvalue weighted by Crippen LogP contribution is -2.22. The van der Waals surface area contributed by atoms with Gasteiger partial charge in [-0.15, -0.1) is 0 Å². The molecule has 0 radical (unpaired) electrons. The topological polar surface area (TPSA) is 92.0 Å². The van der Waals surface area contributed by atoms with Crippen molar-refractivity contribution in [1.29, 1.82) is 0 Å². The fraction of sp³-hybridized carbons (Fsp3) is 0.190. The van der Waals surface area contributed by atoms with Crippen molar-refractivity contribution in [3.8, 4) is 11.5 Å². The summed E-state index contributed by atoms with van der Waals surface area (Å²) in [7, 11) is 2.88. The molecule has 29 heavy (non-hydrogen) atoms. The van der Waals surface area contributed by atoms with Gasteiger partial charge in [-0.1, -0.05) is 11.6 Å². The van der Waals surface area contributed by atoms with Crippen LogP contribution in [0.1, 0.15) is 33.4 Å². The van der Waals surface area contributed by atoms with E-state index >= 15 is 0 Å². The molecule has 0 amide bonds. The van der Waals surface area contributed by atoms with Crippen LogP contribution in [0.5, 0.6) is 11.5 Å². The van der Waals surface area contributed by atoms with Gasteiger partial charge in [-0.3, -0.25) is 9.59 Å². The van der Waals surface area contributed by atoms with E-state index < -0.39 is 28.5 Å². The first-order chi connectivity index (χ1) is 13.9. The molecule has 1 aromatic heterocycles. The summed E-state index contributed by atoms with van der Waals surface area (Å²) in [6.07, 6.45) is 0. The molecule has 0 bridgehead atoms. The van der Waals surface area contributed by atoms with E-state index in [0.29, 0.717) is 16.5 Å². The number of carbonyl (C=O) groups is 2. The molecule has 0 saturated heterocycles. The van der Waals surface area contributed by atoms with Gasteiger partial charge in [-0.2, -0.15) is 0 Å². The standard InChI is InChI=1S/C21H17ClO7/c1-4-28-21(25)20-17(19(24)13-10-12(22)6-8-14(13)29-20)18(23)11-5-7-15(26-2)16(9-11)27-3/h5-10H,4H2,1-3H3. The highest BCUT2D eigenvalue weighted by Crippen LogP contribution is 2.29. The second kappa shape index (κ2) is 8.36. The second-order valence-corrected chi connectivity index (χ2v) is 6.33. The van der Waals surface area contributed by atoms with Crippen LogP contribution in [0.3, 0.4) is 0 Å². The van der Waals surface area contributed by atoms with Gasteiger partial charge in [0, 0.05) is 10.6 Å². The molecule has 0 aliphatic rings. The van der Waals surface area contributed by atoms with Crippen molar-refractivity contribution in [3.05, 3.63) is 68.5 Å². The maximum Gasteiger partial charge on any atom is 0.375 e. The van der Waals surface area contributed by atoms with Crippen molar-refractivity contribution < 1.29 is 28.2 Å². The quantitative estimate of drug-likeness (QED) is 0.445. The van der Waals surface area contributed by atoms with Gasteiger partial charge in [0.05, 0.1) is 26.2 Å². The van der Waals surface area contributed by atoms with Crippen molar-refractivity contribution >= 4 is 34.3 Å². The minimum absolute atomic E-state index is 0.0468. The Labute approximate surface area is 170 Å². The number of rotatable bonds is 6. The average Bonchev–Trinajstić information content (AvgIpc) is 2.73. The summed E-state index contributed by atoms with van der Waals surface area (Å²) < 4.78 is 20.9. The van der Waals surface area contributed by atoms with Gasteiger partial charge >= 0.3 is 5.97 Å². The summed E-state index contributed by atoms with van der Waals surface area (Å²) in [5.74, 6) is -1.39. The number of hydrogen-bond acceptors (Lipinski definition) is 7. The molecule has 3 rings (SSSR count). The molecule has 150 valence electrons. The zero-order valence-electron chi connectivity index (χ0n) is 15.9. The molecule has 0 unspecified atom stereocenters. The zero-order valence-corrected chi connectivity index (χ0v) is 16.7. The molecule has 1 heterocycles. The number of hydrogen-bond donors (Lipinski definition) is 0. The molecule has 0 fully saturated rings. The summed E-state index contributed by atoms with van der Waals surface area (Å²) in [5, 5.41) is 0.368. The Kier molecular flexibility index (Phi) is 5.89. The zero-order chi connectivity index (χ0) is 21.1. The summed E-state index contributed by atoms with van der Waals surface area (Å²) >= 11 is 5.98. The Hall–Kier alpha value is -3.32. The third kappa shape index (κ3) is 3.82. The molecule has 7 nitrogen and oxygen atoms in total. The number of carbonyl (C=O) groups excluding carboxylic acids is 2. The predicted octanol–water partition coefficient (Wildman–Crippen LogP) is 3.87. The fourth-order valence-corrected chi connectivity index (χ4v) is 3.01. The van der Waals surface area contributed by atoms with Crippen molar-refractivity contribution in [1.82, 2.24) is 0 Å². The van der Waals surface area contributed by atoms with E-state index in [9.17, 15) is 14.4 Å². The first-order valence-electron chi connectivity index (χ1n) is 8.61. The molecule has 2 aromatic carbocycles. The Bertz CT molecular complexity index is 1160. The van der Waals surface area contributed by atoms with Crippen LogP contribution in [-0.2, 0) is 4.74 Å². The van der Waals surface area contributed by atoms with Crippen molar-refractivity contribution in [2.24, 2.45) is 0 Å². The maximum atomic E-state index is 13.2. The van der Waals surface area contributed by atoms with Gasteiger partial charge < -0.3 is 18.6 Å². The number of benzene rings is 2. The first kappa shape index (κ1) is 20.4. The SMILES string of the molecule is CCOC(=O)c1oc2ccc(Cl)cc2c(=O)c1C(=O)c1ccc(OC)c(OC)c1. The van der Waals surface area contributed by atoms with E-state index in [1.165, 1.54) is 50.6 Å². The largest absolute Gasteiger partial charge is 0.493 e. The highest BCUT2D eigenvalue weighted by Gasteiger charge is 2.28. The van der Waals surface area contributed by atoms with E-state index in [4.69, 9.17) is 30.2 Å².